The van der Waals surface area contributed by atoms with E-state index in [2.05, 4.69) is 34.7 Å². The minimum absolute atomic E-state index is 0.0276. The summed E-state index contributed by atoms with van der Waals surface area (Å²) in [6, 6.07) is 11.0. The van der Waals surface area contributed by atoms with E-state index in [4.69, 9.17) is 30.8 Å². The fourth-order valence-electron chi connectivity index (χ4n) is 5.79. The van der Waals surface area contributed by atoms with Crippen molar-refractivity contribution >= 4 is 23.4 Å². The molecule has 2 fully saturated rings. The molecule has 4 rings (SSSR count). The highest BCUT2D eigenvalue weighted by Crippen LogP contribution is 2.33. The van der Waals surface area contributed by atoms with Crippen LogP contribution in [0.4, 0.5) is 5.82 Å². The Morgan fingerprint density at radius 1 is 1.23 bits per heavy atom. The third kappa shape index (κ3) is 10.4. The van der Waals surface area contributed by atoms with E-state index >= 15 is 0 Å². The fourth-order valence-corrected chi connectivity index (χ4v) is 5.99. The molecule has 0 unspecified atom stereocenters. The molecule has 2 aliphatic rings. The summed E-state index contributed by atoms with van der Waals surface area (Å²) in [5.74, 6) is 0.947. The van der Waals surface area contributed by atoms with Crippen LogP contribution in [0.25, 0.3) is 11.3 Å². The smallest absolute Gasteiger partial charge is 0.332 e. The van der Waals surface area contributed by atoms with Crippen molar-refractivity contribution in [2.45, 2.75) is 90.3 Å². The molecule has 3 heterocycles. The van der Waals surface area contributed by atoms with Gasteiger partial charge < -0.3 is 24.8 Å². The van der Waals surface area contributed by atoms with E-state index in [9.17, 15) is 10.1 Å². The lowest BCUT2D eigenvalue weighted by Gasteiger charge is -2.31. The maximum Gasteiger partial charge on any atom is 0.332 e. The van der Waals surface area contributed by atoms with Gasteiger partial charge >= 0.3 is 5.97 Å². The molecule has 1 saturated heterocycles. The van der Waals surface area contributed by atoms with Crippen LogP contribution >= 0.6 is 11.6 Å². The van der Waals surface area contributed by atoms with E-state index in [1.54, 1.807) is 6.20 Å². The van der Waals surface area contributed by atoms with Gasteiger partial charge in [-0.25, -0.2) is 9.78 Å². The number of carbonyl (C=O) groups excluding carboxylic acids is 1. The van der Waals surface area contributed by atoms with Crippen molar-refractivity contribution in [2.75, 3.05) is 38.3 Å². The van der Waals surface area contributed by atoms with Crippen LogP contribution in [-0.4, -0.2) is 66.6 Å². The standard InChI is InChI=1S/C33H46ClN5O4/c1-23(19-42-20-31(40)43-32(2,3)4)38-25-10-8-24(9-11-25)16-26-17-27(28(34)18-36-26)29-6-5-7-30(39-29)37-22-33(21-35)12-14-41-15-13-33/h5-7,17-18,23-25,38H,8-16,19-20,22H2,1-4H3,(H,37,39)/t23-,24?,25?/m0/s1. The van der Waals surface area contributed by atoms with Gasteiger partial charge in [0.2, 0.25) is 0 Å². The number of esters is 1. The van der Waals surface area contributed by atoms with Gasteiger partial charge in [-0.05, 0) is 96.8 Å². The minimum Gasteiger partial charge on any atom is -0.458 e. The summed E-state index contributed by atoms with van der Waals surface area (Å²) < 4.78 is 16.3. The first kappa shape index (κ1) is 33.1. The van der Waals surface area contributed by atoms with Gasteiger partial charge in [0.1, 0.15) is 18.0 Å². The van der Waals surface area contributed by atoms with Crippen molar-refractivity contribution in [2.24, 2.45) is 11.3 Å². The number of nitrogens with zero attached hydrogens (tertiary/aromatic N) is 3. The Labute approximate surface area is 261 Å². The van der Waals surface area contributed by atoms with Gasteiger partial charge in [-0.3, -0.25) is 4.98 Å². The number of rotatable bonds is 12. The summed E-state index contributed by atoms with van der Waals surface area (Å²) in [5, 5.41) is 17.4. The van der Waals surface area contributed by atoms with E-state index in [0.29, 0.717) is 43.3 Å². The lowest BCUT2D eigenvalue weighted by Crippen LogP contribution is -2.41. The largest absolute Gasteiger partial charge is 0.458 e. The molecule has 234 valence electrons. The zero-order valence-electron chi connectivity index (χ0n) is 26.0. The monoisotopic (exact) mass is 611 g/mol. The van der Waals surface area contributed by atoms with E-state index < -0.39 is 11.0 Å². The molecule has 0 bridgehead atoms. The number of aromatic nitrogens is 2. The number of nitriles is 1. The van der Waals surface area contributed by atoms with Gasteiger partial charge in [0.15, 0.2) is 0 Å². The second kappa shape index (κ2) is 15.3. The highest BCUT2D eigenvalue weighted by Gasteiger charge is 2.32. The molecule has 0 radical (unpaired) electrons. The molecule has 1 aliphatic carbocycles. The van der Waals surface area contributed by atoms with Crippen LogP contribution in [0.3, 0.4) is 0 Å². The molecule has 10 heteroatoms. The Balaban J connectivity index is 1.25. The molecule has 2 N–H and O–H groups in total. The molecule has 0 amide bonds. The van der Waals surface area contributed by atoms with E-state index in [0.717, 1.165) is 67.7 Å². The molecule has 1 aliphatic heterocycles. The maximum atomic E-state index is 11.9. The summed E-state index contributed by atoms with van der Waals surface area (Å²) in [7, 11) is 0. The van der Waals surface area contributed by atoms with Gasteiger partial charge in [-0.1, -0.05) is 17.7 Å². The Bertz CT molecular complexity index is 1250. The van der Waals surface area contributed by atoms with Crippen molar-refractivity contribution in [1.82, 2.24) is 15.3 Å². The molecular formula is C33H46ClN5O4. The lowest BCUT2D eigenvalue weighted by atomic mass is 9.82. The normalized spacial score (nSPS) is 21.0. The van der Waals surface area contributed by atoms with Gasteiger partial charge in [-0.2, -0.15) is 5.26 Å². The van der Waals surface area contributed by atoms with Crippen molar-refractivity contribution in [3.63, 3.8) is 0 Å². The quantitative estimate of drug-likeness (QED) is 0.280. The number of carbonyl (C=O) groups is 1. The number of ether oxygens (including phenoxy) is 3. The number of halogens is 1. The first-order chi connectivity index (χ1) is 20.5. The third-order valence-electron chi connectivity index (χ3n) is 8.10. The average Bonchev–Trinajstić information content (AvgIpc) is 2.98. The van der Waals surface area contributed by atoms with Crippen LogP contribution in [0, 0.1) is 22.7 Å². The Morgan fingerprint density at radius 2 is 1.98 bits per heavy atom. The van der Waals surface area contributed by atoms with Crippen LogP contribution in [0.2, 0.25) is 5.02 Å². The van der Waals surface area contributed by atoms with Crippen LogP contribution in [0.15, 0.2) is 30.5 Å². The van der Waals surface area contributed by atoms with Crippen LogP contribution in [0.5, 0.6) is 0 Å². The second-order valence-corrected chi connectivity index (χ2v) is 13.4. The Hall–Kier alpha value is -2.77. The fraction of sp³-hybridized carbons (Fsp3) is 0.636. The van der Waals surface area contributed by atoms with Crippen molar-refractivity contribution in [3.8, 4) is 17.3 Å². The van der Waals surface area contributed by atoms with Crippen LogP contribution in [0.1, 0.15) is 71.9 Å². The van der Waals surface area contributed by atoms with E-state index in [1.807, 2.05) is 39.0 Å². The van der Waals surface area contributed by atoms with Crippen LogP contribution < -0.4 is 10.6 Å². The molecule has 1 atom stereocenters. The maximum absolute atomic E-state index is 11.9. The third-order valence-corrected chi connectivity index (χ3v) is 8.41. The summed E-state index contributed by atoms with van der Waals surface area (Å²) in [4.78, 5) is 21.3. The molecule has 0 aromatic carbocycles. The highest BCUT2D eigenvalue weighted by atomic mass is 35.5. The topological polar surface area (TPSA) is 118 Å². The van der Waals surface area contributed by atoms with Gasteiger partial charge in [0.25, 0.3) is 0 Å². The van der Waals surface area contributed by atoms with Crippen molar-refractivity contribution < 1.29 is 19.0 Å². The predicted octanol–water partition coefficient (Wildman–Crippen LogP) is 5.97. The van der Waals surface area contributed by atoms with Gasteiger partial charge in [-0.15, -0.1) is 0 Å². The highest BCUT2D eigenvalue weighted by molar-refractivity contribution is 6.33. The SMILES string of the molecule is C[C@@H](COCC(=O)OC(C)(C)C)NC1CCC(Cc2cc(-c3cccc(NCC4(C#N)CCOCC4)n3)c(Cl)cn2)CC1. The van der Waals surface area contributed by atoms with E-state index in [1.165, 1.54) is 0 Å². The lowest BCUT2D eigenvalue weighted by molar-refractivity contribution is -0.160. The number of hydrogen-bond donors (Lipinski definition) is 2. The van der Waals surface area contributed by atoms with Crippen LogP contribution in [-0.2, 0) is 25.4 Å². The van der Waals surface area contributed by atoms with Crippen molar-refractivity contribution in [3.05, 3.63) is 41.2 Å². The second-order valence-electron chi connectivity index (χ2n) is 13.0. The molecule has 0 spiro atoms. The molecule has 2 aromatic heterocycles. The first-order valence-electron chi connectivity index (χ1n) is 15.4. The molecule has 43 heavy (non-hydrogen) atoms. The van der Waals surface area contributed by atoms with E-state index in [-0.39, 0.29) is 18.6 Å². The zero-order chi connectivity index (χ0) is 30.9. The summed E-state index contributed by atoms with van der Waals surface area (Å²) >= 11 is 6.59. The number of nitrogens with one attached hydrogen (secondary N) is 2. The molecule has 9 nitrogen and oxygen atoms in total. The zero-order valence-corrected chi connectivity index (χ0v) is 26.7. The Kier molecular flexibility index (Phi) is 11.8. The number of anilines is 1. The minimum atomic E-state index is -0.500. The van der Waals surface area contributed by atoms with Crippen molar-refractivity contribution in [1.29, 1.82) is 5.26 Å². The average molecular weight is 612 g/mol. The summed E-state index contributed by atoms with van der Waals surface area (Å²) in [6.45, 7) is 9.84. The first-order valence-corrected chi connectivity index (χ1v) is 15.8. The number of hydrogen-bond acceptors (Lipinski definition) is 9. The number of pyridine rings is 2. The Morgan fingerprint density at radius 3 is 2.67 bits per heavy atom. The molecule has 1 saturated carbocycles. The summed E-state index contributed by atoms with van der Waals surface area (Å²) in [5.41, 5.74) is 1.74. The van der Waals surface area contributed by atoms with Gasteiger partial charge in [0.05, 0.1) is 28.8 Å². The predicted molar refractivity (Wildman–Crippen MR) is 168 cm³/mol. The molecule has 2 aromatic rings. The molecular weight excluding hydrogens is 566 g/mol. The summed E-state index contributed by atoms with van der Waals surface area (Å²) in [6.07, 6.45) is 8.48. The van der Waals surface area contributed by atoms with Gasteiger partial charge in [0, 0.05) is 49.3 Å².